The molecule has 0 unspecified atom stereocenters. The van der Waals surface area contributed by atoms with Crippen molar-refractivity contribution in [3.8, 4) is 0 Å². The maximum Gasteiger partial charge on any atom is 0.497 e. The predicted molar refractivity (Wildman–Crippen MR) is 79.0 cm³/mol. The van der Waals surface area contributed by atoms with Crippen molar-refractivity contribution in [3.63, 3.8) is 0 Å². The zero-order chi connectivity index (χ0) is 13.8. The summed E-state index contributed by atoms with van der Waals surface area (Å²) in [6.07, 6.45) is 1.92. The lowest BCUT2D eigenvalue weighted by Crippen LogP contribution is -2.41. The Morgan fingerprint density at radius 1 is 1.11 bits per heavy atom. The van der Waals surface area contributed by atoms with Gasteiger partial charge in [-0.15, -0.1) is 0 Å². The van der Waals surface area contributed by atoms with Crippen LogP contribution in [-0.4, -0.2) is 23.3 Å². The molecule has 5 heteroatoms. The zero-order valence-electron chi connectivity index (χ0n) is 11.6. The number of fused-ring (bicyclic) bond motifs is 1. The van der Waals surface area contributed by atoms with Gasteiger partial charge in [0, 0.05) is 17.0 Å². The van der Waals surface area contributed by atoms with Gasteiger partial charge in [0.05, 0.1) is 21.7 Å². The van der Waals surface area contributed by atoms with E-state index in [1.807, 2.05) is 24.4 Å². The highest BCUT2D eigenvalue weighted by Crippen LogP contribution is 2.37. The maximum atomic E-state index is 6.18. The van der Waals surface area contributed by atoms with Crippen LogP contribution in [0.15, 0.2) is 24.4 Å². The molecule has 1 N–H and O–H groups in total. The number of rotatable bonds is 1. The third-order valence-electron chi connectivity index (χ3n) is 4.20. The molecule has 1 fully saturated rings. The number of aromatic amines is 1. The number of para-hydroxylation sites is 1. The molecule has 0 spiro atoms. The van der Waals surface area contributed by atoms with Gasteiger partial charge in [0.25, 0.3) is 0 Å². The third kappa shape index (κ3) is 1.90. The Labute approximate surface area is 118 Å². The first-order chi connectivity index (χ1) is 8.82. The first-order valence-corrected chi connectivity index (χ1v) is 6.81. The van der Waals surface area contributed by atoms with Gasteiger partial charge in [0.1, 0.15) is 0 Å². The molecule has 0 aliphatic carbocycles. The molecule has 0 saturated carbocycles. The number of hydrogen-bond donors (Lipinski definition) is 1. The maximum absolute atomic E-state index is 6.18. The van der Waals surface area contributed by atoms with E-state index in [0.717, 1.165) is 16.4 Å². The van der Waals surface area contributed by atoms with E-state index in [2.05, 4.69) is 32.7 Å². The van der Waals surface area contributed by atoms with Gasteiger partial charge in [-0.1, -0.05) is 23.7 Å². The molecule has 100 valence electrons. The first kappa shape index (κ1) is 13.0. The monoisotopic (exact) mass is 277 g/mol. The summed E-state index contributed by atoms with van der Waals surface area (Å²) >= 11 is 6.18. The highest BCUT2D eigenvalue weighted by Gasteiger charge is 2.52. The number of hydrogen-bond acceptors (Lipinski definition) is 2. The summed E-state index contributed by atoms with van der Waals surface area (Å²) in [4.78, 5) is 3.20. The molecule has 1 aromatic heterocycles. The van der Waals surface area contributed by atoms with Gasteiger partial charge in [-0.3, -0.25) is 0 Å². The van der Waals surface area contributed by atoms with E-state index >= 15 is 0 Å². The van der Waals surface area contributed by atoms with Crippen LogP contribution in [0.1, 0.15) is 27.7 Å². The Bertz CT molecular complexity index is 619. The van der Waals surface area contributed by atoms with Crippen molar-refractivity contribution in [3.05, 3.63) is 29.4 Å². The van der Waals surface area contributed by atoms with Crippen LogP contribution in [0.5, 0.6) is 0 Å². The molecule has 19 heavy (non-hydrogen) atoms. The molecule has 3 rings (SSSR count). The molecule has 0 radical (unpaired) electrons. The second-order valence-electron chi connectivity index (χ2n) is 5.99. The van der Waals surface area contributed by atoms with Crippen molar-refractivity contribution in [2.75, 3.05) is 0 Å². The molecule has 0 amide bonds. The van der Waals surface area contributed by atoms with Crippen LogP contribution in [0.3, 0.4) is 0 Å². The minimum atomic E-state index is -0.364. The number of benzene rings is 1. The highest BCUT2D eigenvalue weighted by molar-refractivity contribution is 6.65. The van der Waals surface area contributed by atoms with E-state index in [4.69, 9.17) is 20.9 Å². The number of nitrogens with one attached hydrogen (secondary N) is 1. The van der Waals surface area contributed by atoms with Crippen LogP contribution in [-0.2, 0) is 9.31 Å². The average Bonchev–Trinajstić information content (AvgIpc) is 2.80. The van der Waals surface area contributed by atoms with Crippen LogP contribution in [0, 0.1) is 0 Å². The second-order valence-corrected chi connectivity index (χ2v) is 6.40. The van der Waals surface area contributed by atoms with E-state index in [1.54, 1.807) is 0 Å². The molecular formula is C14H17BClNO2. The largest absolute Gasteiger partial charge is 0.497 e. The van der Waals surface area contributed by atoms with Gasteiger partial charge in [-0.05, 0) is 33.8 Å². The molecular weight excluding hydrogens is 260 g/mol. The molecule has 3 nitrogen and oxygen atoms in total. The number of H-pyrrole nitrogens is 1. The zero-order valence-corrected chi connectivity index (χ0v) is 12.3. The molecule has 2 heterocycles. The summed E-state index contributed by atoms with van der Waals surface area (Å²) in [6.45, 7) is 8.20. The highest BCUT2D eigenvalue weighted by atomic mass is 35.5. The van der Waals surface area contributed by atoms with Gasteiger partial charge >= 0.3 is 7.12 Å². The van der Waals surface area contributed by atoms with Crippen molar-refractivity contribution >= 4 is 35.1 Å². The molecule has 1 aromatic carbocycles. The Morgan fingerprint density at radius 3 is 2.37 bits per heavy atom. The molecule has 0 atom stereocenters. The third-order valence-corrected chi connectivity index (χ3v) is 4.52. The molecule has 2 aromatic rings. The lowest BCUT2D eigenvalue weighted by atomic mass is 9.79. The van der Waals surface area contributed by atoms with Crippen LogP contribution in [0.25, 0.3) is 10.9 Å². The van der Waals surface area contributed by atoms with Crippen LogP contribution < -0.4 is 5.46 Å². The Kier molecular flexibility index (Phi) is 2.75. The van der Waals surface area contributed by atoms with Gasteiger partial charge in [0.2, 0.25) is 0 Å². The van der Waals surface area contributed by atoms with Crippen molar-refractivity contribution in [2.24, 2.45) is 0 Å². The minimum absolute atomic E-state index is 0.333. The van der Waals surface area contributed by atoms with Gasteiger partial charge in [0.15, 0.2) is 0 Å². The van der Waals surface area contributed by atoms with E-state index in [1.165, 1.54) is 0 Å². The Morgan fingerprint density at radius 2 is 1.74 bits per heavy atom. The van der Waals surface area contributed by atoms with Crippen LogP contribution in [0.2, 0.25) is 5.02 Å². The fraction of sp³-hybridized carbons (Fsp3) is 0.429. The number of halogens is 1. The Balaban J connectivity index is 2.06. The van der Waals surface area contributed by atoms with Gasteiger partial charge < -0.3 is 14.3 Å². The lowest BCUT2D eigenvalue weighted by molar-refractivity contribution is 0.00578. The molecule has 0 bridgehead atoms. The predicted octanol–water partition coefficient (Wildman–Crippen LogP) is 3.12. The van der Waals surface area contributed by atoms with Crippen molar-refractivity contribution in [1.29, 1.82) is 0 Å². The quantitative estimate of drug-likeness (QED) is 0.813. The van der Waals surface area contributed by atoms with Gasteiger partial charge in [-0.25, -0.2) is 0 Å². The lowest BCUT2D eigenvalue weighted by Gasteiger charge is -2.32. The summed E-state index contributed by atoms with van der Waals surface area (Å²) in [5, 5.41) is 1.76. The van der Waals surface area contributed by atoms with Crippen molar-refractivity contribution in [2.45, 2.75) is 38.9 Å². The smallest absolute Gasteiger partial charge is 0.399 e. The fourth-order valence-corrected chi connectivity index (χ4v) is 2.53. The van der Waals surface area contributed by atoms with Crippen LogP contribution >= 0.6 is 11.6 Å². The average molecular weight is 278 g/mol. The fourth-order valence-electron chi connectivity index (χ4n) is 2.30. The summed E-state index contributed by atoms with van der Waals surface area (Å²) in [5.74, 6) is 0. The van der Waals surface area contributed by atoms with Gasteiger partial charge in [-0.2, -0.15) is 0 Å². The summed E-state index contributed by atoms with van der Waals surface area (Å²) in [7, 11) is -0.364. The minimum Gasteiger partial charge on any atom is -0.399 e. The summed E-state index contributed by atoms with van der Waals surface area (Å²) < 4.78 is 12.1. The first-order valence-electron chi connectivity index (χ1n) is 6.43. The van der Waals surface area contributed by atoms with Crippen molar-refractivity contribution in [1.82, 2.24) is 4.98 Å². The van der Waals surface area contributed by atoms with Crippen molar-refractivity contribution < 1.29 is 9.31 Å². The topological polar surface area (TPSA) is 34.2 Å². The normalized spacial score (nSPS) is 21.2. The molecule has 1 aliphatic rings. The summed E-state index contributed by atoms with van der Waals surface area (Å²) in [5.41, 5.74) is 1.25. The molecule has 1 saturated heterocycles. The standard InChI is InChI=1S/C14H17BClNO2/c1-13(2)14(3,4)19-15(18-13)10-8-17-12-9(10)6-5-7-11(12)16/h5-8,17H,1-4H3. The second kappa shape index (κ2) is 4.01. The Hall–Kier alpha value is -0.965. The molecule has 1 aliphatic heterocycles. The SMILES string of the molecule is CC1(C)OB(c2c[nH]c3c(Cl)cccc23)OC1(C)C. The van der Waals surface area contributed by atoms with E-state index in [-0.39, 0.29) is 18.3 Å². The van der Waals surface area contributed by atoms with E-state index in [9.17, 15) is 0 Å². The summed E-state index contributed by atoms with van der Waals surface area (Å²) in [6, 6.07) is 5.83. The van der Waals surface area contributed by atoms with E-state index in [0.29, 0.717) is 5.02 Å². The van der Waals surface area contributed by atoms with E-state index < -0.39 is 0 Å². The number of aromatic nitrogens is 1. The van der Waals surface area contributed by atoms with Crippen LogP contribution in [0.4, 0.5) is 0 Å².